The van der Waals surface area contributed by atoms with Gasteiger partial charge in [0.15, 0.2) is 5.12 Å². The van der Waals surface area contributed by atoms with Crippen molar-refractivity contribution in [3.05, 3.63) is 0 Å². The van der Waals surface area contributed by atoms with Crippen molar-refractivity contribution >= 4 is 16.9 Å². The Bertz CT molecular complexity index is 135. The van der Waals surface area contributed by atoms with Crippen molar-refractivity contribution in [1.29, 1.82) is 0 Å². The van der Waals surface area contributed by atoms with Crippen LogP contribution in [0, 0.1) is 5.41 Å². The molecule has 0 saturated heterocycles. The van der Waals surface area contributed by atoms with E-state index in [9.17, 15) is 4.79 Å². The molecule has 0 heterocycles. The lowest BCUT2D eigenvalue weighted by Crippen LogP contribution is -2.07. The second-order valence-electron chi connectivity index (χ2n) is 4.28. The van der Waals surface area contributed by atoms with Crippen molar-refractivity contribution in [2.75, 3.05) is 5.75 Å². The monoisotopic (exact) mass is 188 g/mol. The van der Waals surface area contributed by atoms with Gasteiger partial charge in [0, 0.05) is 12.2 Å². The van der Waals surface area contributed by atoms with Gasteiger partial charge in [-0.3, -0.25) is 4.79 Å². The van der Waals surface area contributed by atoms with E-state index in [0.717, 1.165) is 25.0 Å². The summed E-state index contributed by atoms with van der Waals surface area (Å²) in [6.07, 6.45) is 2.82. The van der Waals surface area contributed by atoms with Crippen LogP contribution in [0.5, 0.6) is 0 Å². The van der Waals surface area contributed by atoms with Gasteiger partial charge in [0.2, 0.25) is 0 Å². The lowest BCUT2D eigenvalue weighted by Gasteiger charge is -2.16. The minimum atomic E-state index is 0.349. The fourth-order valence-corrected chi connectivity index (χ4v) is 2.04. The SMILES string of the molecule is CCCC(=O)SCCC(C)(C)C. The third-order valence-corrected chi connectivity index (χ3v) is 2.50. The van der Waals surface area contributed by atoms with Gasteiger partial charge in [-0.1, -0.05) is 39.5 Å². The molecule has 0 amide bonds. The molecule has 0 unspecified atom stereocenters. The third-order valence-electron chi connectivity index (χ3n) is 1.57. The van der Waals surface area contributed by atoms with Crippen molar-refractivity contribution in [1.82, 2.24) is 0 Å². The van der Waals surface area contributed by atoms with Crippen LogP contribution in [0.2, 0.25) is 0 Å². The minimum Gasteiger partial charge on any atom is -0.287 e. The average Bonchev–Trinajstić information content (AvgIpc) is 1.84. The molecule has 1 nitrogen and oxygen atoms in total. The molecule has 0 rings (SSSR count). The lowest BCUT2D eigenvalue weighted by molar-refractivity contribution is -0.111. The van der Waals surface area contributed by atoms with Crippen LogP contribution in [-0.2, 0) is 4.79 Å². The Labute approximate surface area is 80.3 Å². The fraction of sp³-hybridized carbons (Fsp3) is 0.900. The number of hydrogen-bond acceptors (Lipinski definition) is 2. The van der Waals surface area contributed by atoms with E-state index in [1.807, 2.05) is 6.92 Å². The molecule has 0 aromatic heterocycles. The zero-order valence-electron chi connectivity index (χ0n) is 8.64. The second kappa shape index (κ2) is 5.63. The molecule has 0 aliphatic heterocycles. The summed E-state index contributed by atoms with van der Waals surface area (Å²) in [4.78, 5) is 11.1. The van der Waals surface area contributed by atoms with Crippen LogP contribution in [0.4, 0.5) is 0 Å². The van der Waals surface area contributed by atoms with Crippen molar-refractivity contribution < 1.29 is 4.79 Å². The quantitative estimate of drug-likeness (QED) is 0.672. The van der Waals surface area contributed by atoms with Gasteiger partial charge in [-0.25, -0.2) is 0 Å². The average molecular weight is 188 g/mol. The molecule has 0 atom stereocenters. The van der Waals surface area contributed by atoms with Crippen molar-refractivity contribution in [2.45, 2.75) is 47.0 Å². The molecule has 0 spiro atoms. The van der Waals surface area contributed by atoms with Crippen LogP contribution in [0.1, 0.15) is 47.0 Å². The van der Waals surface area contributed by atoms with Gasteiger partial charge in [-0.2, -0.15) is 0 Å². The number of rotatable bonds is 4. The minimum absolute atomic E-state index is 0.349. The molecule has 0 saturated carbocycles. The van der Waals surface area contributed by atoms with E-state index in [0.29, 0.717) is 10.5 Å². The highest BCUT2D eigenvalue weighted by atomic mass is 32.2. The maximum absolute atomic E-state index is 11.1. The summed E-state index contributed by atoms with van der Waals surface area (Å²) < 4.78 is 0. The molecule has 0 aliphatic carbocycles. The van der Waals surface area contributed by atoms with Gasteiger partial charge in [0.1, 0.15) is 0 Å². The van der Waals surface area contributed by atoms with Crippen molar-refractivity contribution in [2.24, 2.45) is 5.41 Å². The number of thioether (sulfide) groups is 1. The molecule has 0 fully saturated rings. The summed E-state index contributed by atoms with van der Waals surface area (Å²) in [5.74, 6) is 0.975. The maximum Gasteiger partial charge on any atom is 0.188 e. The van der Waals surface area contributed by atoms with Gasteiger partial charge in [-0.15, -0.1) is 0 Å². The fourth-order valence-electron chi connectivity index (χ4n) is 0.747. The molecule has 0 radical (unpaired) electrons. The predicted molar refractivity (Wildman–Crippen MR) is 56.4 cm³/mol. The lowest BCUT2D eigenvalue weighted by atomic mass is 9.94. The highest BCUT2D eigenvalue weighted by molar-refractivity contribution is 8.13. The standard InChI is InChI=1S/C10H20OS/c1-5-6-9(11)12-8-7-10(2,3)4/h5-8H2,1-4H3. The first-order valence-corrected chi connectivity index (χ1v) is 5.60. The van der Waals surface area contributed by atoms with E-state index in [1.165, 1.54) is 11.8 Å². The first-order valence-electron chi connectivity index (χ1n) is 4.61. The van der Waals surface area contributed by atoms with E-state index in [1.54, 1.807) is 0 Å². The van der Waals surface area contributed by atoms with E-state index in [-0.39, 0.29) is 0 Å². The molecule has 72 valence electrons. The molecule has 2 heteroatoms. The summed E-state index contributed by atoms with van der Waals surface area (Å²) in [5.41, 5.74) is 0.361. The van der Waals surface area contributed by atoms with Crippen LogP contribution in [-0.4, -0.2) is 10.9 Å². The van der Waals surface area contributed by atoms with Crippen LogP contribution in [0.3, 0.4) is 0 Å². The Morgan fingerprint density at radius 2 is 1.92 bits per heavy atom. The van der Waals surface area contributed by atoms with Gasteiger partial charge in [0.05, 0.1) is 0 Å². The second-order valence-corrected chi connectivity index (χ2v) is 5.43. The molecular weight excluding hydrogens is 168 g/mol. The molecule has 0 aromatic carbocycles. The van der Waals surface area contributed by atoms with E-state index >= 15 is 0 Å². The van der Waals surface area contributed by atoms with E-state index in [4.69, 9.17) is 0 Å². The highest BCUT2D eigenvalue weighted by Gasteiger charge is 2.10. The number of hydrogen-bond donors (Lipinski definition) is 0. The zero-order valence-corrected chi connectivity index (χ0v) is 9.46. The van der Waals surface area contributed by atoms with Crippen LogP contribution >= 0.6 is 11.8 Å². The molecule has 0 aliphatic rings. The predicted octanol–water partition coefficient (Wildman–Crippen LogP) is 3.48. The normalized spacial score (nSPS) is 11.7. The Morgan fingerprint density at radius 3 is 2.33 bits per heavy atom. The number of carbonyl (C=O) groups is 1. The third kappa shape index (κ3) is 8.12. The van der Waals surface area contributed by atoms with E-state index in [2.05, 4.69) is 20.8 Å². The van der Waals surface area contributed by atoms with Gasteiger partial charge >= 0.3 is 0 Å². The van der Waals surface area contributed by atoms with Gasteiger partial charge in [0.25, 0.3) is 0 Å². The molecule has 0 aromatic rings. The summed E-state index contributed by atoms with van der Waals surface area (Å²) in [6.45, 7) is 8.66. The smallest absolute Gasteiger partial charge is 0.188 e. The highest BCUT2D eigenvalue weighted by Crippen LogP contribution is 2.22. The van der Waals surface area contributed by atoms with Gasteiger partial charge < -0.3 is 0 Å². The van der Waals surface area contributed by atoms with Crippen LogP contribution < -0.4 is 0 Å². The molecular formula is C10H20OS. The Balaban J connectivity index is 3.37. The van der Waals surface area contributed by atoms with Crippen molar-refractivity contribution in [3.8, 4) is 0 Å². The zero-order chi connectivity index (χ0) is 9.61. The topological polar surface area (TPSA) is 17.1 Å². The van der Waals surface area contributed by atoms with Crippen LogP contribution in [0.25, 0.3) is 0 Å². The Morgan fingerprint density at radius 1 is 1.33 bits per heavy atom. The van der Waals surface area contributed by atoms with Crippen LogP contribution in [0.15, 0.2) is 0 Å². The molecule has 12 heavy (non-hydrogen) atoms. The molecule has 0 bridgehead atoms. The Hall–Kier alpha value is 0.0200. The first kappa shape index (κ1) is 12.0. The van der Waals surface area contributed by atoms with Crippen molar-refractivity contribution in [3.63, 3.8) is 0 Å². The van der Waals surface area contributed by atoms with Gasteiger partial charge in [-0.05, 0) is 18.3 Å². The number of carbonyl (C=O) groups excluding carboxylic acids is 1. The first-order chi connectivity index (χ1) is 5.45. The summed E-state index contributed by atoms with van der Waals surface area (Å²) in [5, 5.41) is 0.349. The van der Waals surface area contributed by atoms with E-state index < -0.39 is 0 Å². The Kier molecular flexibility index (Phi) is 5.64. The largest absolute Gasteiger partial charge is 0.287 e. The summed E-state index contributed by atoms with van der Waals surface area (Å²) in [7, 11) is 0. The summed E-state index contributed by atoms with van der Waals surface area (Å²) >= 11 is 1.49. The summed E-state index contributed by atoms with van der Waals surface area (Å²) in [6, 6.07) is 0. The molecule has 0 N–H and O–H groups in total. The maximum atomic E-state index is 11.1.